The van der Waals surface area contributed by atoms with Gasteiger partial charge in [0.25, 0.3) is 0 Å². The Balaban J connectivity index is 3.16. The van der Waals surface area contributed by atoms with Gasteiger partial charge in [0.05, 0.1) is 7.11 Å². The molecule has 0 saturated carbocycles. The Labute approximate surface area is 54.5 Å². The molecule has 4 heteroatoms. The Morgan fingerprint density at radius 1 is 1.78 bits per heavy atom. The molecule has 54 valence electrons. The lowest BCUT2D eigenvalue weighted by atomic mass is 10.4. The molecule has 1 amide bonds. The Morgan fingerprint density at radius 3 is 2.67 bits per heavy atom. The standard InChI is InChI=1S/C5H12N2O2/c1-7(9-2)4-3-5(6)8/h3-4H2,1-2H3,(H2,6,8). The molecule has 0 aromatic rings. The first-order valence-corrected chi connectivity index (χ1v) is 2.70. The summed E-state index contributed by atoms with van der Waals surface area (Å²) in [5.41, 5.74) is 4.87. The molecule has 0 aliphatic carbocycles. The quantitative estimate of drug-likeness (QED) is 0.517. The maximum Gasteiger partial charge on any atom is 0.218 e. The lowest BCUT2D eigenvalue weighted by molar-refractivity contribution is -0.127. The first-order chi connectivity index (χ1) is 4.16. The summed E-state index contributed by atoms with van der Waals surface area (Å²) >= 11 is 0. The summed E-state index contributed by atoms with van der Waals surface area (Å²) in [5.74, 6) is -0.307. The largest absolute Gasteiger partial charge is 0.370 e. The second-order valence-corrected chi connectivity index (χ2v) is 1.75. The first-order valence-electron chi connectivity index (χ1n) is 2.70. The van der Waals surface area contributed by atoms with Crippen molar-refractivity contribution in [2.45, 2.75) is 6.42 Å². The SMILES string of the molecule is CON(C)CCC(N)=O. The molecule has 0 heterocycles. The smallest absolute Gasteiger partial charge is 0.218 e. The van der Waals surface area contributed by atoms with Gasteiger partial charge in [0, 0.05) is 20.0 Å². The zero-order chi connectivity index (χ0) is 7.28. The third kappa shape index (κ3) is 5.26. The zero-order valence-electron chi connectivity index (χ0n) is 5.76. The number of nitrogens with two attached hydrogens (primary N) is 1. The predicted octanol–water partition coefficient (Wildman–Crippen LogP) is -0.645. The van der Waals surface area contributed by atoms with Crippen molar-refractivity contribution in [3.8, 4) is 0 Å². The highest BCUT2D eigenvalue weighted by Crippen LogP contribution is 1.83. The van der Waals surface area contributed by atoms with Gasteiger partial charge in [0.2, 0.25) is 5.91 Å². The van der Waals surface area contributed by atoms with Crippen molar-refractivity contribution in [3.05, 3.63) is 0 Å². The van der Waals surface area contributed by atoms with Crippen LogP contribution >= 0.6 is 0 Å². The van der Waals surface area contributed by atoms with Crippen LogP contribution in [-0.2, 0) is 9.63 Å². The fourth-order valence-corrected chi connectivity index (χ4v) is 0.359. The summed E-state index contributed by atoms with van der Waals surface area (Å²) in [6.07, 6.45) is 0.338. The highest BCUT2D eigenvalue weighted by molar-refractivity contribution is 5.73. The van der Waals surface area contributed by atoms with Crippen LogP contribution in [0.15, 0.2) is 0 Å². The van der Waals surface area contributed by atoms with Gasteiger partial charge >= 0.3 is 0 Å². The molecule has 0 aliphatic heterocycles. The van der Waals surface area contributed by atoms with Gasteiger partial charge in [-0.2, -0.15) is 5.06 Å². The average molecular weight is 132 g/mol. The summed E-state index contributed by atoms with van der Waals surface area (Å²) in [5, 5.41) is 1.55. The van der Waals surface area contributed by atoms with Crippen LogP contribution in [0.25, 0.3) is 0 Å². The van der Waals surface area contributed by atoms with Crippen molar-refractivity contribution in [1.29, 1.82) is 0 Å². The van der Waals surface area contributed by atoms with Crippen molar-refractivity contribution >= 4 is 5.91 Å². The fourth-order valence-electron chi connectivity index (χ4n) is 0.359. The molecule has 0 aromatic heterocycles. The van der Waals surface area contributed by atoms with E-state index in [9.17, 15) is 4.79 Å². The second-order valence-electron chi connectivity index (χ2n) is 1.75. The van der Waals surface area contributed by atoms with E-state index >= 15 is 0 Å². The summed E-state index contributed by atoms with van der Waals surface area (Å²) in [6.45, 7) is 0.547. The molecule has 0 aromatic carbocycles. The summed E-state index contributed by atoms with van der Waals surface area (Å²) in [7, 11) is 3.28. The van der Waals surface area contributed by atoms with Crippen molar-refractivity contribution in [2.24, 2.45) is 5.73 Å². The van der Waals surface area contributed by atoms with Crippen LogP contribution in [0.2, 0.25) is 0 Å². The predicted molar refractivity (Wildman–Crippen MR) is 33.5 cm³/mol. The van der Waals surface area contributed by atoms with Gasteiger partial charge < -0.3 is 10.6 Å². The Hall–Kier alpha value is -0.610. The molecule has 0 saturated heterocycles. The summed E-state index contributed by atoms with van der Waals surface area (Å²) in [6, 6.07) is 0. The van der Waals surface area contributed by atoms with Crippen molar-refractivity contribution in [2.75, 3.05) is 20.7 Å². The van der Waals surface area contributed by atoms with Gasteiger partial charge in [-0.25, -0.2) is 0 Å². The Morgan fingerprint density at radius 2 is 2.33 bits per heavy atom. The van der Waals surface area contributed by atoms with E-state index in [0.717, 1.165) is 0 Å². The fraction of sp³-hybridized carbons (Fsp3) is 0.800. The molecule has 0 spiro atoms. The number of rotatable bonds is 4. The molecule has 0 radical (unpaired) electrons. The Kier molecular flexibility index (Phi) is 4.00. The minimum atomic E-state index is -0.307. The number of carbonyl (C=O) groups is 1. The van der Waals surface area contributed by atoms with E-state index in [-0.39, 0.29) is 5.91 Å². The highest BCUT2D eigenvalue weighted by atomic mass is 16.7. The van der Waals surface area contributed by atoms with Crippen molar-refractivity contribution in [3.63, 3.8) is 0 Å². The molecule has 0 aliphatic rings. The molecule has 4 nitrogen and oxygen atoms in total. The van der Waals surface area contributed by atoms with Crippen LogP contribution in [0.1, 0.15) is 6.42 Å². The number of hydrogen-bond donors (Lipinski definition) is 1. The molecule has 0 atom stereocenters. The minimum absolute atomic E-state index is 0.307. The van der Waals surface area contributed by atoms with Crippen LogP contribution in [0.3, 0.4) is 0 Å². The van der Waals surface area contributed by atoms with E-state index in [1.165, 1.54) is 0 Å². The number of hydroxylamine groups is 2. The molecular formula is C5H12N2O2. The van der Waals surface area contributed by atoms with Crippen LogP contribution in [0.5, 0.6) is 0 Å². The van der Waals surface area contributed by atoms with E-state index < -0.39 is 0 Å². The van der Waals surface area contributed by atoms with E-state index in [1.54, 1.807) is 19.2 Å². The van der Waals surface area contributed by atoms with E-state index in [1.807, 2.05) is 0 Å². The number of hydrogen-bond acceptors (Lipinski definition) is 3. The number of carbonyl (C=O) groups excluding carboxylic acids is 1. The van der Waals surface area contributed by atoms with Gasteiger partial charge in [-0.3, -0.25) is 4.79 Å². The lowest BCUT2D eigenvalue weighted by Gasteiger charge is -2.10. The molecule has 0 bridgehead atoms. The molecule has 0 unspecified atom stereocenters. The number of primary amides is 1. The van der Waals surface area contributed by atoms with Crippen molar-refractivity contribution in [1.82, 2.24) is 5.06 Å². The molecule has 0 fully saturated rings. The van der Waals surface area contributed by atoms with Gasteiger partial charge in [-0.05, 0) is 0 Å². The van der Waals surface area contributed by atoms with Gasteiger partial charge in [-0.15, -0.1) is 0 Å². The first kappa shape index (κ1) is 8.39. The Bertz CT molecular complexity index is 95.0. The van der Waals surface area contributed by atoms with Crippen molar-refractivity contribution < 1.29 is 9.63 Å². The normalized spacial score (nSPS) is 10.1. The lowest BCUT2D eigenvalue weighted by Crippen LogP contribution is -2.23. The minimum Gasteiger partial charge on any atom is -0.370 e. The summed E-state index contributed by atoms with van der Waals surface area (Å²) < 4.78 is 0. The van der Waals surface area contributed by atoms with Gasteiger partial charge in [0.1, 0.15) is 0 Å². The highest BCUT2D eigenvalue weighted by Gasteiger charge is 1.97. The van der Waals surface area contributed by atoms with Gasteiger partial charge in [-0.1, -0.05) is 0 Å². The van der Waals surface area contributed by atoms with Crippen LogP contribution in [0.4, 0.5) is 0 Å². The van der Waals surface area contributed by atoms with Gasteiger partial charge in [0.15, 0.2) is 0 Å². The number of nitrogens with zero attached hydrogens (tertiary/aromatic N) is 1. The topological polar surface area (TPSA) is 55.6 Å². The van der Waals surface area contributed by atoms with Crippen LogP contribution < -0.4 is 5.73 Å². The molecule has 9 heavy (non-hydrogen) atoms. The zero-order valence-corrected chi connectivity index (χ0v) is 5.76. The monoisotopic (exact) mass is 132 g/mol. The van der Waals surface area contributed by atoms with Crippen LogP contribution in [0, 0.1) is 0 Å². The van der Waals surface area contributed by atoms with E-state index in [0.29, 0.717) is 13.0 Å². The van der Waals surface area contributed by atoms with E-state index in [2.05, 4.69) is 0 Å². The third-order valence-electron chi connectivity index (χ3n) is 0.985. The third-order valence-corrected chi connectivity index (χ3v) is 0.985. The molecular weight excluding hydrogens is 120 g/mol. The number of amides is 1. The van der Waals surface area contributed by atoms with Crippen LogP contribution in [-0.4, -0.2) is 31.7 Å². The summed E-state index contributed by atoms with van der Waals surface area (Å²) in [4.78, 5) is 14.9. The molecule has 0 rings (SSSR count). The maximum atomic E-state index is 10.2. The second kappa shape index (κ2) is 4.29. The maximum absolute atomic E-state index is 10.2. The molecule has 2 N–H and O–H groups in total. The average Bonchev–Trinajstić information content (AvgIpc) is 1.83. The van der Waals surface area contributed by atoms with E-state index in [4.69, 9.17) is 10.6 Å².